The molecular weight excluding hydrogens is 321 g/mol. The number of alkyl halides is 3. The van der Waals surface area contributed by atoms with Crippen molar-refractivity contribution in [1.29, 1.82) is 0 Å². The lowest BCUT2D eigenvalue weighted by atomic mass is 10.1. The molecule has 0 spiro atoms. The first-order valence-electron chi connectivity index (χ1n) is 8.05. The summed E-state index contributed by atoms with van der Waals surface area (Å²) in [5.74, 6) is 2.49. The van der Waals surface area contributed by atoms with Crippen LogP contribution < -0.4 is 5.32 Å². The van der Waals surface area contributed by atoms with Crippen LogP contribution in [0.15, 0.2) is 12.4 Å². The fraction of sp³-hybridized carbons (Fsp3) is 0.667. The molecule has 2 aromatic heterocycles. The number of imidazole rings is 1. The quantitative estimate of drug-likeness (QED) is 0.905. The summed E-state index contributed by atoms with van der Waals surface area (Å²) in [4.78, 5) is 8.55. The highest BCUT2D eigenvalue weighted by Gasteiger charge is 2.29. The van der Waals surface area contributed by atoms with Crippen LogP contribution in [-0.4, -0.2) is 36.5 Å². The number of nitrogens with zero attached hydrogens (tertiary/aromatic N) is 5. The lowest BCUT2D eigenvalue weighted by Gasteiger charge is -2.23. The van der Waals surface area contributed by atoms with E-state index < -0.39 is 12.7 Å². The number of aromatic nitrogens is 5. The smallest absolute Gasteiger partial charge is 0.325 e. The number of fused-ring (bicyclic) bond motifs is 1. The Morgan fingerprint density at radius 3 is 2.88 bits per heavy atom. The summed E-state index contributed by atoms with van der Waals surface area (Å²) in [5.41, 5.74) is 0. The first-order valence-corrected chi connectivity index (χ1v) is 8.05. The molecule has 1 unspecified atom stereocenters. The lowest BCUT2D eigenvalue weighted by molar-refractivity contribution is -0.141. The van der Waals surface area contributed by atoms with E-state index in [0.29, 0.717) is 18.9 Å². The minimum atomic E-state index is -4.25. The fourth-order valence-electron chi connectivity index (χ4n) is 2.82. The number of halogens is 3. The van der Waals surface area contributed by atoms with Crippen LogP contribution in [0, 0.1) is 0 Å². The van der Waals surface area contributed by atoms with Crippen LogP contribution in [0.5, 0.6) is 0 Å². The first kappa shape index (κ1) is 16.9. The van der Waals surface area contributed by atoms with Crippen molar-refractivity contribution in [2.75, 3.05) is 0 Å². The Morgan fingerprint density at radius 2 is 2.17 bits per heavy atom. The van der Waals surface area contributed by atoms with Gasteiger partial charge in [-0.05, 0) is 6.42 Å². The van der Waals surface area contributed by atoms with Crippen LogP contribution in [0.2, 0.25) is 0 Å². The number of aryl methyl sites for hydroxylation is 1. The highest BCUT2D eigenvalue weighted by Crippen LogP contribution is 2.19. The van der Waals surface area contributed by atoms with Crippen LogP contribution in [0.4, 0.5) is 13.2 Å². The van der Waals surface area contributed by atoms with Gasteiger partial charge in [-0.1, -0.05) is 13.8 Å². The average molecular weight is 342 g/mol. The van der Waals surface area contributed by atoms with Crippen molar-refractivity contribution in [3.8, 4) is 0 Å². The summed E-state index contributed by atoms with van der Waals surface area (Å²) in [7, 11) is 0. The third-order valence-electron chi connectivity index (χ3n) is 4.09. The first-order chi connectivity index (χ1) is 11.3. The van der Waals surface area contributed by atoms with Gasteiger partial charge in [0, 0.05) is 30.8 Å². The average Bonchev–Trinajstić information content (AvgIpc) is 3.09. The minimum Gasteiger partial charge on any atom is -0.325 e. The van der Waals surface area contributed by atoms with E-state index in [1.165, 1.54) is 12.4 Å². The van der Waals surface area contributed by atoms with Crippen molar-refractivity contribution in [3.63, 3.8) is 0 Å². The van der Waals surface area contributed by atoms with Crippen molar-refractivity contribution in [3.05, 3.63) is 29.9 Å². The van der Waals surface area contributed by atoms with Gasteiger partial charge in [0.1, 0.15) is 18.2 Å². The van der Waals surface area contributed by atoms with Gasteiger partial charge >= 0.3 is 6.18 Å². The summed E-state index contributed by atoms with van der Waals surface area (Å²) >= 11 is 0. The zero-order chi connectivity index (χ0) is 17.3. The predicted octanol–water partition coefficient (Wildman–Crippen LogP) is 2.26. The molecule has 0 amide bonds. The summed E-state index contributed by atoms with van der Waals surface area (Å²) in [6.45, 7) is 4.07. The van der Waals surface area contributed by atoms with E-state index in [-0.39, 0.29) is 12.0 Å². The number of rotatable bonds is 5. The van der Waals surface area contributed by atoms with E-state index in [1.807, 2.05) is 4.68 Å². The Balaban J connectivity index is 1.59. The fourth-order valence-corrected chi connectivity index (χ4v) is 2.82. The Hall–Kier alpha value is -1.90. The Labute approximate surface area is 138 Å². The highest BCUT2D eigenvalue weighted by atomic mass is 19.4. The van der Waals surface area contributed by atoms with Crippen molar-refractivity contribution in [1.82, 2.24) is 29.6 Å². The van der Waals surface area contributed by atoms with Gasteiger partial charge in [0.25, 0.3) is 0 Å². The van der Waals surface area contributed by atoms with Gasteiger partial charge in [-0.25, -0.2) is 14.6 Å². The number of hydrogen-bond donors (Lipinski definition) is 1. The van der Waals surface area contributed by atoms with Crippen LogP contribution in [0.1, 0.15) is 43.7 Å². The lowest BCUT2D eigenvalue weighted by Crippen LogP contribution is -2.38. The van der Waals surface area contributed by atoms with Gasteiger partial charge in [0.2, 0.25) is 0 Å². The molecule has 2 aromatic rings. The second-order valence-electron chi connectivity index (χ2n) is 6.43. The summed E-state index contributed by atoms with van der Waals surface area (Å²) in [5, 5.41) is 7.80. The second-order valence-corrected chi connectivity index (χ2v) is 6.43. The minimum absolute atomic E-state index is 0.148. The number of nitrogens with one attached hydrogen (secondary N) is 1. The molecule has 0 saturated carbocycles. The van der Waals surface area contributed by atoms with E-state index in [0.717, 1.165) is 29.1 Å². The molecule has 6 nitrogen and oxygen atoms in total. The molecule has 9 heteroatoms. The van der Waals surface area contributed by atoms with Gasteiger partial charge < -0.3 is 9.88 Å². The van der Waals surface area contributed by atoms with Gasteiger partial charge in [-0.3, -0.25) is 0 Å². The van der Waals surface area contributed by atoms with Crippen molar-refractivity contribution in [2.24, 2.45) is 0 Å². The molecule has 24 heavy (non-hydrogen) atoms. The molecule has 0 saturated heterocycles. The van der Waals surface area contributed by atoms with Crippen molar-refractivity contribution < 1.29 is 13.2 Å². The molecule has 0 aliphatic carbocycles. The van der Waals surface area contributed by atoms with Crippen LogP contribution in [0.25, 0.3) is 0 Å². The van der Waals surface area contributed by atoms with Crippen LogP contribution in [-0.2, 0) is 26.1 Å². The summed E-state index contributed by atoms with van der Waals surface area (Å²) in [6, 6.07) is 0.148. The molecular formula is C15H21F3N6. The standard InChI is InChI=1S/C15H21F3N6/c1-10(2)14-21-12-4-3-11(8-24(12)22-14)20-7-13-19-5-6-23(13)9-15(16,17)18/h5-6,10-11,20H,3-4,7-9H2,1-2H3. The SMILES string of the molecule is CC(C)c1nc2n(n1)CC(NCc1nccn1CC(F)(F)F)CC2. The molecule has 1 aliphatic heterocycles. The van der Waals surface area contributed by atoms with E-state index in [9.17, 15) is 13.2 Å². The molecule has 1 atom stereocenters. The molecule has 3 rings (SSSR count). The summed E-state index contributed by atoms with van der Waals surface area (Å²) in [6.07, 6.45) is 0.206. The zero-order valence-electron chi connectivity index (χ0n) is 13.7. The molecule has 0 fully saturated rings. The maximum absolute atomic E-state index is 12.5. The third-order valence-corrected chi connectivity index (χ3v) is 4.09. The van der Waals surface area contributed by atoms with Crippen molar-refractivity contribution in [2.45, 2.75) is 64.5 Å². The molecule has 0 radical (unpaired) electrons. The van der Waals surface area contributed by atoms with E-state index in [2.05, 4.69) is 34.2 Å². The molecule has 3 heterocycles. The van der Waals surface area contributed by atoms with Gasteiger partial charge in [-0.15, -0.1) is 0 Å². The van der Waals surface area contributed by atoms with E-state index in [1.54, 1.807) is 0 Å². The zero-order valence-corrected chi connectivity index (χ0v) is 13.7. The monoisotopic (exact) mass is 342 g/mol. The Kier molecular flexibility index (Phi) is 4.62. The van der Waals surface area contributed by atoms with Crippen molar-refractivity contribution >= 4 is 0 Å². The van der Waals surface area contributed by atoms with Gasteiger partial charge in [0.05, 0.1) is 13.1 Å². The maximum Gasteiger partial charge on any atom is 0.406 e. The summed E-state index contributed by atoms with van der Waals surface area (Å²) < 4.78 is 40.7. The van der Waals surface area contributed by atoms with Crippen LogP contribution >= 0.6 is 0 Å². The molecule has 1 N–H and O–H groups in total. The topological polar surface area (TPSA) is 60.6 Å². The maximum atomic E-state index is 12.5. The molecule has 132 valence electrons. The van der Waals surface area contributed by atoms with E-state index >= 15 is 0 Å². The van der Waals surface area contributed by atoms with Crippen LogP contribution in [0.3, 0.4) is 0 Å². The normalized spacial score (nSPS) is 18.2. The Bertz CT molecular complexity index is 688. The largest absolute Gasteiger partial charge is 0.406 e. The molecule has 1 aliphatic rings. The second kappa shape index (κ2) is 6.54. The third kappa shape index (κ3) is 3.95. The van der Waals surface area contributed by atoms with Gasteiger partial charge in [-0.2, -0.15) is 18.3 Å². The highest BCUT2D eigenvalue weighted by molar-refractivity contribution is 5.01. The Morgan fingerprint density at radius 1 is 1.38 bits per heavy atom. The van der Waals surface area contributed by atoms with E-state index in [4.69, 9.17) is 0 Å². The number of hydrogen-bond acceptors (Lipinski definition) is 4. The van der Waals surface area contributed by atoms with Gasteiger partial charge in [0.15, 0.2) is 5.82 Å². The predicted molar refractivity (Wildman–Crippen MR) is 81.3 cm³/mol. The molecule has 0 aromatic carbocycles. The molecule has 0 bridgehead atoms.